The Labute approximate surface area is 204 Å². The molecule has 35 heavy (non-hydrogen) atoms. The van der Waals surface area contributed by atoms with E-state index in [1.165, 1.54) is 43.4 Å². The molecule has 0 aliphatic heterocycles. The minimum Gasteiger partial charge on any atom is -0.292 e. The van der Waals surface area contributed by atoms with Crippen LogP contribution in [0.25, 0.3) is 60.4 Å². The van der Waals surface area contributed by atoms with Crippen molar-refractivity contribution < 1.29 is 0 Å². The van der Waals surface area contributed by atoms with Crippen molar-refractivity contribution >= 4 is 43.4 Å². The second-order valence-electron chi connectivity index (χ2n) is 9.43. The molecule has 0 fully saturated rings. The maximum absolute atomic E-state index is 5.42. The number of para-hydroxylation sites is 1. The molecule has 0 atom stereocenters. The van der Waals surface area contributed by atoms with Crippen molar-refractivity contribution in [1.29, 1.82) is 0 Å². The van der Waals surface area contributed by atoms with Gasteiger partial charge in [0.1, 0.15) is 5.82 Å². The summed E-state index contributed by atoms with van der Waals surface area (Å²) in [5.74, 6) is 0.972. The molecule has 0 aliphatic carbocycles. The molecule has 2 nitrogen and oxygen atoms in total. The van der Waals surface area contributed by atoms with Crippen molar-refractivity contribution in [1.82, 2.24) is 9.55 Å². The third kappa shape index (κ3) is 3.00. The van der Waals surface area contributed by atoms with E-state index >= 15 is 0 Å². The molecule has 7 aromatic rings. The summed E-state index contributed by atoms with van der Waals surface area (Å²) in [6.45, 7) is 4.32. The van der Waals surface area contributed by atoms with Gasteiger partial charge in [0.25, 0.3) is 0 Å². The first kappa shape index (κ1) is 20.0. The highest BCUT2D eigenvalue weighted by Crippen LogP contribution is 2.40. The largest absolute Gasteiger partial charge is 0.292 e. The Balaban J connectivity index is 1.76. The summed E-state index contributed by atoms with van der Waals surface area (Å²) >= 11 is 0. The van der Waals surface area contributed by atoms with Crippen LogP contribution >= 0.6 is 0 Å². The van der Waals surface area contributed by atoms with E-state index in [1.54, 1.807) is 0 Å². The van der Waals surface area contributed by atoms with Crippen molar-refractivity contribution in [2.45, 2.75) is 13.8 Å². The molecule has 0 saturated carbocycles. The highest BCUT2D eigenvalue weighted by molar-refractivity contribution is 6.24. The van der Waals surface area contributed by atoms with Gasteiger partial charge >= 0.3 is 0 Å². The summed E-state index contributed by atoms with van der Waals surface area (Å²) in [5.41, 5.74) is 6.96. The molecule has 0 saturated heterocycles. The zero-order valence-electron chi connectivity index (χ0n) is 19.8. The summed E-state index contributed by atoms with van der Waals surface area (Å²) in [7, 11) is 0. The number of aromatic nitrogens is 2. The molecular weight excluding hydrogens is 424 g/mol. The van der Waals surface area contributed by atoms with Crippen molar-refractivity contribution in [2.24, 2.45) is 0 Å². The molecule has 0 amide bonds. The average molecular weight is 449 g/mol. The third-order valence-corrected chi connectivity index (χ3v) is 7.07. The minimum atomic E-state index is 0.972. The van der Waals surface area contributed by atoms with Crippen LogP contribution in [0.5, 0.6) is 0 Å². The van der Waals surface area contributed by atoms with Crippen LogP contribution in [0.1, 0.15) is 11.1 Å². The fraction of sp³-hybridized carbons (Fsp3) is 0.0606. The minimum absolute atomic E-state index is 0.972. The summed E-state index contributed by atoms with van der Waals surface area (Å²) in [5, 5.41) is 7.38. The molecule has 0 unspecified atom stereocenters. The fourth-order valence-corrected chi connectivity index (χ4v) is 5.46. The number of aryl methyl sites for hydroxylation is 2. The summed E-state index contributed by atoms with van der Waals surface area (Å²) < 4.78 is 2.36. The Bertz CT molecular complexity index is 1900. The number of benzene rings is 6. The lowest BCUT2D eigenvalue weighted by Gasteiger charge is -2.14. The van der Waals surface area contributed by atoms with E-state index in [2.05, 4.69) is 128 Å². The van der Waals surface area contributed by atoms with Gasteiger partial charge in [0, 0.05) is 22.0 Å². The number of rotatable bonds is 2. The monoisotopic (exact) mass is 448 g/mol. The van der Waals surface area contributed by atoms with Gasteiger partial charge in [-0.2, -0.15) is 0 Å². The van der Waals surface area contributed by atoms with E-state index in [4.69, 9.17) is 4.98 Å². The molecule has 0 bridgehead atoms. The lowest BCUT2D eigenvalue weighted by molar-refractivity contribution is 1.11. The van der Waals surface area contributed by atoms with Crippen LogP contribution in [-0.4, -0.2) is 9.55 Å². The summed E-state index contributed by atoms with van der Waals surface area (Å²) in [6, 6.07) is 39.2. The van der Waals surface area contributed by atoms with Crippen LogP contribution in [0.15, 0.2) is 109 Å². The maximum atomic E-state index is 5.42. The Morgan fingerprint density at radius 1 is 0.543 bits per heavy atom. The summed E-state index contributed by atoms with van der Waals surface area (Å²) in [6.07, 6.45) is 0. The van der Waals surface area contributed by atoms with Crippen LogP contribution in [0, 0.1) is 13.8 Å². The van der Waals surface area contributed by atoms with E-state index < -0.39 is 0 Å². The molecular formula is C33H24N2. The topological polar surface area (TPSA) is 17.8 Å². The predicted molar refractivity (Wildman–Crippen MR) is 148 cm³/mol. The molecule has 0 spiro atoms. The zero-order valence-corrected chi connectivity index (χ0v) is 19.8. The first-order chi connectivity index (χ1) is 17.2. The van der Waals surface area contributed by atoms with Gasteiger partial charge < -0.3 is 0 Å². The van der Waals surface area contributed by atoms with Gasteiger partial charge in [0.15, 0.2) is 0 Å². The molecule has 0 aliphatic rings. The number of fused-ring (bicyclic) bond motifs is 7. The quantitative estimate of drug-likeness (QED) is 0.242. The highest BCUT2D eigenvalue weighted by Gasteiger charge is 2.21. The highest BCUT2D eigenvalue weighted by atomic mass is 15.1. The fourth-order valence-electron chi connectivity index (χ4n) is 5.46. The average Bonchev–Trinajstić information content (AvgIpc) is 3.30. The first-order valence-electron chi connectivity index (χ1n) is 12.1. The second kappa shape index (κ2) is 7.54. The van der Waals surface area contributed by atoms with E-state index in [0.29, 0.717) is 0 Å². The van der Waals surface area contributed by atoms with Crippen molar-refractivity contribution in [3.63, 3.8) is 0 Å². The third-order valence-electron chi connectivity index (χ3n) is 7.07. The van der Waals surface area contributed by atoms with Gasteiger partial charge in [-0.1, -0.05) is 96.1 Å². The van der Waals surface area contributed by atoms with Crippen LogP contribution in [0.3, 0.4) is 0 Å². The Morgan fingerprint density at radius 3 is 2.00 bits per heavy atom. The van der Waals surface area contributed by atoms with Crippen LogP contribution in [-0.2, 0) is 0 Å². The smallest absolute Gasteiger partial charge is 0.146 e. The van der Waals surface area contributed by atoms with Gasteiger partial charge in [-0.25, -0.2) is 4.98 Å². The van der Waals surface area contributed by atoms with Crippen LogP contribution < -0.4 is 0 Å². The van der Waals surface area contributed by atoms with Crippen molar-refractivity contribution in [3.05, 3.63) is 120 Å². The van der Waals surface area contributed by atoms with Gasteiger partial charge in [-0.15, -0.1) is 0 Å². The number of imidazole rings is 1. The Hall–Kier alpha value is -4.43. The SMILES string of the molecule is Cc1ccc2c3ccc(C)cc3c3c(nc(-c4cccc5ccccc45)n3-c3ccccc3)c2c1. The molecule has 0 radical (unpaired) electrons. The van der Waals surface area contributed by atoms with Crippen LogP contribution in [0.2, 0.25) is 0 Å². The molecule has 1 heterocycles. The Kier molecular flexibility index (Phi) is 4.31. The van der Waals surface area contributed by atoms with E-state index in [0.717, 1.165) is 28.1 Å². The van der Waals surface area contributed by atoms with Crippen molar-refractivity contribution in [2.75, 3.05) is 0 Å². The molecule has 1 aromatic heterocycles. The molecule has 166 valence electrons. The normalized spacial score (nSPS) is 11.7. The maximum Gasteiger partial charge on any atom is 0.146 e. The molecule has 6 aromatic carbocycles. The van der Waals surface area contributed by atoms with E-state index in [1.807, 2.05) is 0 Å². The lowest BCUT2D eigenvalue weighted by atomic mass is 9.97. The van der Waals surface area contributed by atoms with Gasteiger partial charge in [0.2, 0.25) is 0 Å². The summed E-state index contributed by atoms with van der Waals surface area (Å²) in [4.78, 5) is 5.42. The lowest BCUT2D eigenvalue weighted by Crippen LogP contribution is -1.98. The first-order valence-corrected chi connectivity index (χ1v) is 12.1. The second-order valence-corrected chi connectivity index (χ2v) is 9.43. The van der Waals surface area contributed by atoms with Crippen LogP contribution in [0.4, 0.5) is 0 Å². The number of hydrogen-bond acceptors (Lipinski definition) is 1. The zero-order chi connectivity index (χ0) is 23.5. The predicted octanol–water partition coefficient (Wildman–Crippen LogP) is 8.77. The molecule has 0 N–H and O–H groups in total. The number of nitrogens with zero attached hydrogens (tertiary/aromatic N) is 2. The Morgan fingerprint density at radius 2 is 1.20 bits per heavy atom. The van der Waals surface area contributed by atoms with E-state index in [-0.39, 0.29) is 0 Å². The standard InChI is InChI=1S/C33H24N2/c1-21-15-17-26-27-18-16-22(2)20-30(27)32-31(29(26)19-21)34-33(35(32)24-11-4-3-5-12-24)28-14-8-10-23-9-6-7-13-25(23)28/h3-20H,1-2H3. The molecule has 7 rings (SSSR count). The van der Waals surface area contributed by atoms with Gasteiger partial charge in [0.05, 0.1) is 11.0 Å². The van der Waals surface area contributed by atoms with Gasteiger partial charge in [-0.05, 0) is 59.7 Å². The van der Waals surface area contributed by atoms with Gasteiger partial charge in [-0.3, -0.25) is 4.57 Å². The van der Waals surface area contributed by atoms with E-state index in [9.17, 15) is 0 Å². The molecule has 2 heteroatoms. The number of hydrogen-bond donors (Lipinski definition) is 0. The van der Waals surface area contributed by atoms with Crippen molar-refractivity contribution in [3.8, 4) is 17.1 Å².